The van der Waals surface area contributed by atoms with E-state index >= 15 is 0 Å². The van der Waals surface area contributed by atoms with Crippen LogP contribution in [0.1, 0.15) is 13.3 Å². The molecule has 0 aliphatic rings. The van der Waals surface area contributed by atoms with E-state index < -0.39 is 0 Å². The highest BCUT2D eigenvalue weighted by molar-refractivity contribution is 5.81. The van der Waals surface area contributed by atoms with E-state index in [-0.39, 0.29) is 11.7 Å². The third kappa shape index (κ3) is 2.14. The first-order valence-corrected chi connectivity index (χ1v) is 5.45. The third-order valence-electron chi connectivity index (χ3n) is 2.67. The lowest BCUT2D eigenvalue weighted by molar-refractivity contribution is 0.177. The van der Waals surface area contributed by atoms with Crippen molar-refractivity contribution in [3.05, 3.63) is 46.9 Å². The van der Waals surface area contributed by atoms with Crippen molar-refractivity contribution in [3.63, 3.8) is 0 Å². The zero-order valence-corrected chi connectivity index (χ0v) is 9.26. The number of aromatic nitrogens is 1. The Hall–Kier alpha value is -1.61. The molecule has 3 nitrogen and oxygen atoms in total. The van der Waals surface area contributed by atoms with E-state index in [1.54, 1.807) is 17.7 Å². The number of rotatable bonds is 3. The Morgan fingerprint density at radius 2 is 2.06 bits per heavy atom. The Balaban J connectivity index is 2.41. The number of fused-ring (bicyclic) bond motifs is 1. The Morgan fingerprint density at radius 3 is 2.81 bits per heavy atom. The summed E-state index contributed by atoms with van der Waals surface area (Å²) in [7, 11) is 0. The van der Waals surface area contributed by atoms with Crippen LogP contribution in [0.5, 0.6) is 0 Å². The first kappa shape index (κ1) is 10.9. The van der Waals surface area contributed by atoms with Crippen molar-refractivity contribution in [2.45, 2.75) is 26.0 Å². The first-order valence-electron chi connectivity index (χ1n) is 5.45. The van der Waals surface area contributed by atoms with Crippen LogP contribution in [0.15, 0.2) is 41.3 Å². The van der Waals surface area contributed by atoms with E-state index in [4.69, 9.17) is 0 Å². The maximum Gasteiger partial charge on any atom is 0.258 e. The van der Waals surface area contributed by atoms with Gasteiger partial charge in [-0.1, -0.05) is 18.2 Å². The summed E-state index contributed by atoms with van der Waals surface area (Å²) in [5.41, 5.74) is 0.0127. The van der Waals surface area contributed by atoms with Gasteiger partial charge in [0.25, 0.3) is 5.56 Å². The van der Waals surface area contributed by atoms with Crippen molar-refractivity contribution in [2.75, 3.05) is 0 Å². The number of nitrogens with zero attached hydrogens (tertiary/aromatic N) is 1. The van der Waals surface area contributed by atoms with E-state index in [1.165, 1.54) is 0 Å². The van der Waals surface area contributed by atoms with Gasteiger partial charge >= 0.3 is 0 Å². The normalized spacial score (nSPS) is 12.9. The van der Waals surface area contributed by atoms with E-state index in [1.807, 2.05) is 30.3 Å². The minimum Gasteiger partial charge on any atom is -0.393 e. The quantitative estimate of drug-likeness (QED) is 0.851. The van der Waals surface area contributed by atoms with Crippen LogP contribution in [-0.4, -0.2) is 15.8 Å². The molecule has 1 unspecified atom stereocenters. The molecular weight excluding hydrogens is 202 g/mol. The molecule has 2 aromatic rings. The number of aliphatic hydroxyl groups is 1. The number of pyridine rings is 1. The summed E-state index contributed by atoms with van der Waals surface area (Å²) >= 11 is 0. The number of hydrogen-bond donors (Lipinski definition) is 1. The van der Waals surface area contributed by atoms with E-state index in [0.29, 0.717) is 13.0 Å². The standard InChI is InChI=1S/C13H15NO2/c1-10(15)6-8-14-9-7-11-4-2-3-5-12(11)13(14)16/h2-5,7,9-10,15H,6,8H2,1H3. The maximum absolute atomic E-state index is 12.0. The van der Waals surface area contributed by atoms with Gasteiger partial charge in [-0.15, -0.1) is 0 Å². The van der Waals surface area contributed by atoms with Gasteiger partial charge in [0.15, 0.2) is 0 Å². The molecule has 0 amide bonds. The molecule has 0 radical (unpaired) electrons. The molecule has 2 rings (SSSR count). The second-order valence-corrected chi connectivity index (χ2v) is 4.04. The highest BCUT2D eigenvalue weighted by Gasteiger charge is 2.02. The zero-order chi connectivity index (χ0) is 11.5. The molecule has 0 saturated carbocycles. The molecular formula is C13H15NO2. The molecule has 84 valence electrons. The molecule has 1 aromatic heterocycles. The third-order valence-corrected chi connectivity index (χ3v) is 2.67. The lowest BCUT2D eigenvalue weighted by Crippen LogP contribution is -2.21. The van der Waals surface area contributed by atoms with Crippen molar-refractivity contribution < 1.29 is 5.11 Å². The van der Waals surface area contributed by atoms with Gasteiger partial charge in [0.1, 0.15) is 0 Å². The van der Waals surface area contributed by atoms with Gasteiger partial charge in [0.05, 0.1) is 6.10 Å². The largest absolute Gasteiger partial charge is 0.393 e. The van der Waals surface area contributed by atoms with Gasteiger partial charge in [-0.2, -0.15) is 0 Å². The summed E-state index contributed by atoms with van der Waals surface area (Å²) in [6, 6.07) is 9.47. The van der Waals surface area contributed by atoms with Crippen LogP contribution in [0.4, 0.5) is 0 Å². The number of aryl methyl sites for hydroxylation is 1. The molecule has 0 bridgehead atoms. The molecule has 0 saturated heterocycles. The van der Waals surface area contributed by atoms with Gasteiger partial charge in [-0.3, -0.25) is 4.79 Å². The van der Waals surface area contributed by atoms with Gasteiger partial charge in [-0.25, -0.2) is 0 Å². The van der Waals surface area contributed by atoms with Crippen molar-refractivity contribution >= 4 is 10.8 Å². The van der Waals surface area contributed by atoms with Crippen molar-refractivity contribution in [2.24, 2.45) is 0 Å². The fraction of sp³-hybridized carbons (Fsp3) is 0.308. The SMILES string of the molecule is CC(O)CCn1ccc2ccccc2c1=O. The second kappa shape index (κ2) is 4.49. The minimum absolute atomic E-state index is 0.0127. The van der Waals surface area contributed by atoms with E-state index in [2.05, 4.69) is 0 Å². The number of aliphatic hydroxyl groups excluding tert-OH is 1. The highest BCUT2D eigenvalue weighted by atomic mass is 16.3. The van der Waals surface area contributed by atoms with Crippen LogP contribution in [-0.2, 0) is 6.54 Å². The average Bonchev–Trinajstić information content (AvgIpc) is 2.28. The molecule has 1 heterocycles. The van der Waals surface area contributed by atoms with Gasteiger partial charge in [-0.05, 0) is 30.9 Å². The monoisotopic (exact) mass is 217 g/mol. The predicted octanol–water partition coefficient (Wildman–Crippen LogP) is 1.77. The van der Waals surface area contributed by atoms with E-state index in [9.17, 15) is 9.90 Å². The molecule has 1 aromatic carbocycles. The van der Waals surface area contributed by atoms with Gasteiger partial charge in [0, 0.05) is 18.1 Å². The summed E-state index contributed by atoms with van der Waals surface area (Å²) in [4.78, 5) is 12.0. The Kier molecular flexibility index (Phi) is 3.06. The van der Waals surface area contributed by atoms with Crippen LogP contribution in [0.25, 0.3) is 10.8 Å². The molecule has 0 spiro atoms. The second-order valence-electron chi connectivity index (χ2n) is 4.04. The van der Waals surface area contributed by atoms with Crippen LogP contribution in [0.3, 0.4) is 0 Å². The highest BCUT2D eigenvalue weighted by Crippen LogP contribution is 2.08. The molecule has 1 N–H and O–H groups in total. The van der Waals surface area contributed by atoms with Gasteiger partial charge in [0.2, 0.25) is 0 Å². The molecule has 16 heavy (non-hydrogen) atoms. The van der Waals surface area contributed by atoms with Gasteiger partial charge < -0.3 is 9.67 Å². The molecule has 1 atom stereocenters. The van der Waals surface area contributed by atoms with E-state index in [0.717, 1.165) is 10.8 Å². The van der Waals surface area contributed by atoms with Crippen molar-refractivity contribution in [1.29, 1.82) is 0 Å². The Bertz CT molecular complexity index is 543. The topological polar surface area (TPSA) is 42.2 Å². The fourth-order valence-corrected chi connectivity index (χ4v) is 1.73. The predicted molar refractivity (Wildman–Crippen MR) is 64.5 cm³/mol. The smallest absolute Gasteiger partial charge is 0.258 e. The summed E-state index contributed by atoms with van der Waals surface area (Å²) in [5, 5.41) is 10.9. The van der Waals surface area contributed by atoms with Crippen LogP contribution in [0, 0.1) is 0 Å². The summed E-state index contributed by atoms with van der Waals surface area (Å²) in [5.74, 6) is 0. The van der Waals surface area contributed by atoms with Crippen molar-refractivity contribution in [1.82, 2.24) is 4.57 Å². The van der Waals surface area contributed by atoms with Crippen LogP contribution in [0.2, 0.25) is 0 Å². The summed E-state index contributed by atoms with van der Waals surface area (Å²) < 4.78 is 1.65. The van der Waals surface area contributed by atoms with Crippen LogP contribution >= 0.6 is 0 Å². The fourth-order valence-electron chi connectivity index (χ4n) is 1.73. The maximum atomic E-state index is 12.0. The lowest BCUT2D eigenvalue weighted by Gasteiger charge is -2.08. The average molecular weight is 217 g/mol. The zero-order valence-electron chi connectivity index (χ0n) is 9.26. The molecule has 0 aliphatic carbocycles. The molecule has 0 fully saturated rings. The lowest BCUT2D eigenvalue weighted by atomic mass is 10.2. The molecule has 0 aliphatic heterocycles. The number of benzene rings is 1. The first-order chi connectivity index (χ1) is 7.68. The molecule has 3 heteroatoms. The minimum atomic E-state index is -0.377. The Labute approximate surface area is 94.0 Å². The summed E-state index contributed by atoms with van der Waals surface area (Å²) in [6.45, 7) is 2.29. The van der Waals surface area contributed by atoms with Crippen LogP contribution < -0.4 is 5.56 Å². The summed E-state index contributed by atoms with van der Waals surface area (Å²) in [6.07, 6.45) is 2.00. The number of hydrogen-bond acceptors (Lipinski definition) is 2. The van der Waals surface area contributed by atoms with Crippen molar-refractivity contribution in [3.8, 4) is 0 Å². The Morgan fingerprint density at radius 1 is 1.31 bits per heavy atom.